The Labute approximate surface area is 99.0 Å². The maximum absolute atomic E-state index is 11.9. The summed E-state index contributed by atoms with van der Waals surface area (Å²) in [4.78, 5) is 0. The van der Waals surface area contributed by atoms with Crippen molar-refractivity contribution in [1.82, 2.24) is 9.03 Å². The molecular weight excluding hydrogens is 228 g/mol. The Bertz CT molecular complexity index is 276. The van der Waals surface area contributed by atoms with Crippen LogP contribution in [0.1, 0.15) is 34.1 Å². The van der Waals surface area contributed by atoms with E-state index in [1.807, 2.05) is 27.7 Å². The van der Waals surface area contributed by atoms with Gasteiger partial charge in [0.05, 0.1) is 0 Å². The monoisotopic (exact) mass is 252 g/mol. The molecule has 0 amide bonds. The van der Waals surface area contributed by atoms with Crippen molar-refractivity contribution in [3.63, 3.8) is 0 Å². The van der Waals surface area contributed by atoms with E-state index in [0.29, 0.717) is 19.5 Å². The van der Waals surface area contributed by atoms with Crippen molar-refractivity contribution in [2.75, 3.05) is 19.7 Å². The van der Waals surface area contributed by atoms with Crippen molar-refractivity contribution >= 4 is 10.2 Å². The summed E-state index contributed by atoms with van der Waals surface area (Å²) >= 11 is 0. The van der Waals surface area contributed by atoms with Crippen LogP contribution in [-0.4, -0.2) is 43.6 Å². The quantitative estimate of drug-likeness (QED) is 0.663. The van der Waals surface area contributed by atoms with E-state index in [4.69, 9.17) is 5.11 Å². The molecule has 0 unspecified atom stereocenters. The lowest BCUT2D eigenvalue weighted by molar-refractivity contribution is 0.257. The molecule has 6 heteroatoms. The lowest BCUT2D eigenvalue weighted by atomic mass is 10.2. The Kier molecular flexibility index (Phi) is 7.14. The van der Waals surface area contributed by atoms with E-state index in [1.165, 1.54) is 4.31 Å². The smallest absolute Gasteiger partial charge is 0.279 e. The van der Waals surface area contributed by atoms with Gasteiger partial charge in [0, 0.05) is 25.7 Å². The fourth-order valence-corrected chi connectivity index (χ4v) is 2.87. The summed E-state index contributed by atoms with van der Waals surface area (Å²) in [5.74, 6) is 0.279. The predicted octanol–water partition coefficient (Wildman–Crippen LogP) is 0.570. The van der Waals surface area contributed by atoms with Crippen molar-refractivity contribution in [3.05, 3.63) is 0 Å². The van der Waals surface area contributed by atoms with Gasteiger partial charge in [-0.2, -0.15) is 12.7 Å². The average Bonchev–Trinajstić information content (AvgIpc) is 2.14. The van der Waals surface area contributed by atoms with E-state index in [-0.39, 0.29) is 18.6 Å². The van der Waals surface area contributed by atoms with Gasteiger partial charge >= 0.3 is 0 Å². The standard InChI is InChI=1S/C10H24N2O3S/c1-9(2)8-11-16(14,15)12(10(3)4)6-5-7-13/h9-11,13H,5-8H2,1-4H3. The van der Waals surface area contributed by atoms with E-state index >= 15 is 0 Å². The van der Waals surface area contributed by atoms with E-state index in [2.05, 4.69) is 4.72 Å². The molecule has 0 aromatic rings. The summed E-state index contributed by atoms with van der Waals surface area (Å²) in [6.07, 6.45) is 0.459. The van der Waals surface area contributed by atoms with Crippen LogP contribution in [0.15, 0.2) is 0 Å². The molecule has 0 aliphatic carbocycles. The van der Waals surface area contributed by atoms with Gasteiger partial charge in [-0.1, -0.05) is 13.8 Å². The molecule has 0 bridgehead atoms. The first kappa shape index (κ1) is 15.8. The summed E-state index contributed by atoms with van der Waals surface area (Å²) < 4.78 is 27.8. The zero-order chi connectivity index (χ0) is 12.8. The third-order valence-corrected chi connectivity index (χ3v) is 3.85. The molecule has 0 saturated heterocycles. The molecular formula is C10H24N2O3S. The largest absolute Gasteiger partial charge is 0.396 e. The van der Waals surface area contributed by atoms with Crippen LogP contribution in [0.25, 0.3) is 0 Å². The summed E-state index contributed by atoms with van der Waals surface area (Å²) in [7, 11) is -3.42. The van der Waals surface area contributed by atoms with Crippen LogP contribution in [0.5, 0.6) is 0 Å². The van der Waals surface area contributed by atoms with Crippen molar-refractivity contribution in [1.29, 1.82) is 0 Å². The zero-order valence-corrected chi connectivity index (χ0v) is 11.4. The lowest BCUT2D eigenvalue weighted by Gasteiger charge is -2.26. The molecule has 0 fully saturated rings. The maximum atomic E-state index is 11.9. The van der Waals surface area contributed by atoms with E-state index < -0.39 is 10.2 Å². The first-order valence-corrected chi connectivity index (χ1v) is 7.12. The van der Waals surface area contributed by atoms with Crippen LogP contribution in [0.3, 0.4) is 0 Å². The minimum Gasteiger partial charge on any atom is -0.396 e. The molecule has 2 N–H and O–H groups in total. The van der Waals surface area contributed by atoms with Gasteiger partial charge in [0.15, 0.2) is 0 Å². The minimum atomic E-state index is -3.42. The lowest BCUT2D eigenvalue weighted by Crippen LogP contribution is -2.46. The predicted molar refractivity (Wildman–Crippen MR) is 65.3 cm³/mol. The van der Waals surface area contributed by atoms with Crippen LogP contribution in [-0.2, 0) is 10.2 Å². The summed E-state index contributed by atoms with van der Waals surface area (Å²) in [5, 5.41) is 8.74. The molecule has 0 heterocycles. The number of nitrogens with one attached hydrogen (secondary N) is 1. The first-order chi connectivity index (χ1) is 7.31. The molecule has 0 aliphatic rings. The molecule has 0 aromatic carbocycles. The highest BCUT2D eigenvalue weighted by Gasteiger charge is 2.23. The number of hydrogen-bond acceptors (Lipinski definition) is 3. The van der Waals surface area contributed by atoms with Crippen LogP contribution < -0.4 is 4.72 Å². The Hall–Kier alpha value is -0.170. The van der Waals surface area contributed by atoms with E-state index in [0.717, 1.165) is 0 Å². The summed E-state index contributed by atoms with van der Waals surface area (Å²) in [6, 6.07) is -0.101. The fraction of sp³-hybridized carbons (Fsp3) is 1.00. The van der Waals surface area contributed by atoms with Gasteiger partial charge in [-0.25, -0.2) is 4.72 Å². The highest BCUT2D eigenvalue weighted by Crippen LogP contribution is 2.06. The highest BCUT2D eigenvalue weighted by molar-refractivity contribution is 7.87. The highest BCUT2D eigenvalue weighted by atomic mass is 32.2. The van der Waals surface area contributed by atoms with E-state index in [1.54, 1.807) is 0 Å². The Balaban J connectivity index is 4.50. The molecule has 0 radical (unpaired) electrons. The van der Waals surface area contributed by atoms with Gasteiger partial charge in [0.2, 0.25) is 0 Å². The van der Waals surface area contributed by atoms with Crippen LogP contribution >= 0.6 is 0 Å². The van der Waals surface area contributed by atoms with Gasteiger partial charge < -0.3 is 5.11 Å². The van der Waals surface area contributed by atoms with Gasteiger partial charge in [0.25, 0.3) is 10.2 Å². The first-order valence-electron chi connectivity index (χ1n) is 5.68. The average molecular weight is 252 g/mol. The molecule has 0 saturated carbocycles. The van der Waals surface area contributed by atoms with Crippen molar-refractivity contribution in [2.24, 2.45) is 5.92 Å². The normalized spacial score (nSPS) is 13.0. The number of aliphatic hydroxyl groups excluding tert-OH is 1. The Morgan fingerprint density at radius 3 is 2.19 bits per heavy atom. The van der Waals surface area contributed by atoms with Gasteiger partial charge in [-0.05, 0) is 26.2 Å². The van der Waals surface area contributed by atoms with Gasteiger partial charge in [-0.3, -0.25) is 0 Å². The molecule has 0 aliphatic heterocycles. The second-order valence-electron chi connectivity index (χ2n) is 4.53. The van der Waals surface area contributed by atoms with Crippen LogP contribution in [0.2, 0.25) is 0 Å². The molecule has 0 atom stereocenters. The van der Waals surface area contributed by atoms with Crippen molar-refractivity contribution < 1.29 is 13.5 Å². The van der Waals surface area contributed by atoms with Crippen LogP contribution in [0, 0.1) is 5.92 Å². The second-order valence-corrected chi connectivity index (χ2v) is 6.24. The molecule has 0 aromatic heterocycles. The fourth-order valence-electron chi connectivity index (χ4n) is 1.24. The van der Waals surface area contributed by atoms with Crippen LogP contribution in [0.4, 0.5) is 0 Å². The topological polar surface area (TPSA) is 69.6 Å². The number of nitrogens with zero attached hydrogens (tertiary/aromatic N) is 1. The van der Waals surface area contributed by atoms with Crippen molar-refractivity contribution in [3.8, 4) is 0 Å². The molecule has 5 nitrogen and oxygen atoms in total. The maximum Gasteiger partial charge on any atom is 0.279 e. The number of aliphatic hydroxyl groups is 1. The zero-order valence-electron chi connectivity index (χ0n) is 10.6. The number of hydrogen-bond donors (Lipinski definition) is 2. The molecule has 0 rings (SSSR count). The Morgan fingerprint density at radius 1 is 1.25 bits per heavy atom. The second kappa shape index (κ2) is 7.21. The molecule has 16 heavy (non-hydrogen) atoms. The summed E-state index contributed by atoms with van der Waals surface area (Å²) in [6.45, 7) is 8.35. The van der Waals surface area contributed by atoms with Crippen molar-refractivity contribution in [2.45, 2.75) is 40.2 Å². The minimum absolute atomic E-state index is 0.00290. The SMILES string of the molecule is CC(C)CNS(=O)(=O)N(CCCO)C(C)C. The van der Waals surface area contributed by atoms with Gasteiger partial charge in [0.1, 0.15) is 0 Å². The molecule has 98 valence electrons. The Morgan fingerprint density at radius 2 is 1.81 bits per heavy atom. The number of rotatable bonds is 8. The third kappa shape index (κ3) is 5.79. The third-order valence-electron chi connectivity index (χ3n) is 2.10. The van der Waals surface area contributed by atoms with Gasteiger partial charge in [-0.15, -0.1) is 0 Å². The molecule has 0 spiro atoms. The van der Waals surface area contributed by atoms with E-state index in [9.17, 15) is 8.42 Å². The summed E-state index contributed by atoms with van der Waals surface area (Å²) in [5.41, 5.74) is 0.